The molecule has 0 aromatic rings. The van der Waals surface area contributed by atoms with Gasteiger partial charge in [0.15, 0.2) is 0 Å². The Morgan fingerprint density at radius 1 is 1.24 bits per heavy atom. The van der Waals surface area contributed by atoms with E-state index in [1.807, 2.05) is 11.8 Å². The van der Waals surface area contributed by atoms with Crippen LogP contribution in [-0.2, 0) is 9.59 Å². The SMILES string of the molecule is CCCC1(C(=O)O)CCCN(C(=O)C2CCCC2(C)C)C1. The van der Waals surface area contributed by atoms with Crippen molar-refractivity contribution < 1.29 is 14.7 Å². The number of carbonyl (C=O) groups is 2. The van der Waals surface area contributed by atoms with Crippen molar-refractivity contribution in [2.24, 2.45) is 16.7 Å². The Labute approximate surface area is 127 Å². The van der Waals surface area contributed by atoms with Gasteiger partial charge in [0, 0.05) is 19.0 Å². The van der Waals surface area contributed by atoms with E-state index in [0.29, 0.717) is 19.4 Å². The molecule has 0 radical (unpaired) electrons. The van der Waals surface area contributed by atoms with Gasteiger partial charge in [-0.3, -0.25) is 9.59 Å². The average Bonchev–Trinajstić information content (AvgIpc) is 2.78. The number of amides is 1. The fourth-order valence-electron chi connectivity index (χ4n) is 4.29. The number of rotatable bonds is 4. The molecule has 0 bridgehead atoms. The van der Waals surface area contributed by atoms with Crippen molar-refractivity contribution in [3.8, 4) is 0 Å². The fourth-order valence-corrected chi connectivity index (χ4v) is 4.29. The van der Waals surface area contributed by atoms with Gasteiger partial charge in [0.05, 0.1) is 5.41 Å². The van der Waals surface area contributed by atoms with Crippen molar-refractivity contribution >= 4 is 11.9 Å². The van der Waals surface area contributed by atoms with Crippen molar-refractivity contribution in [3.05, 3.63) is 0 Å². The summed E-state index contributed by atoms with van der Waals surface area (Å²) in [5.41, 5.74) is -0.656. The quantitative estimate of drug-likeness (QED) is 0.865. The molecule has 1 aliphatic carbocycles. The van der Waals surface area contributed by atoms with Gasteiger partial charge in [-0.1, -0.05) is 33.6 Å². The molecule has 1 N–H and O–H groups in total. The molecule has 1 saturated carbocycles. The Bertz CT molecular complexity index is 414. The molecule has 2 atom stereocenters. The molecular formula is C17H29NO3. The zero-order valence-corrected chi connectivity index (χ0v) is 13.7. The zero-order chi connectivity index (χ0) is 15.7. The number of carbonyl (C=O) groups excluding carboxylic acids is 1. The summed E-state index contributed by atoms with van der Waals surface area (Å²) in [6, 6.07) is 0. The van der Waals surface area contributed by atoms with E-state index < -0.39 is 11.4 Å². The molecule has 1 heterocycles. The second-order valence-corrected chi connectivity index (χ2v) is 7.63. The highest BCUT2D eigenvalue weighted by Gasteiger charge is 2.46. The third-order valence-electron chi connectivity index (χ3n) is 5.63. The van der Waals surface area contributed by atoms with Crippen LogP contribution in [0.2, 0.25) is 0 Å². The maximum atomic E-state index is 12.9. The Balaban J connectivity index is 2.13. The number of carboxylic acids is 1. The lowest BCUT2D eigenvalue weighted by Gasteiger charge is -2.42. The Kier molecular flexibility index (Phi) is 4.64. The maximum absolute atomic E-state index is 12.9. The number of hydrogen-bond donors (Lipinski definition) is 1. The molecular weight excluding hydrogens is 266 g/mol. The van der Waals surface area contributed by atoms with Crippen LogP contribution in [0.3, 0.4) is 0 Å². The van der Waals surface area contributed by atoms with Crippen LogP contribution in [0.15, 0.2) is 0 Å². The lowest BCUT2D eigenvalue weighted by Crippen LogP contribution is -2.52. The highest BCUT2D eigenvalue weighted by Crippen LogP contribution is 2.44. The number of carboxylic acid groups (broad SMARTS) is 1. The van der Waals surface area contributed by atoms with Crippen LogP contribution in [-0.4, -0.2) is 35.0 Å². The fraction of sp³-hybridized carbons (Fsp3) is 0.882. The minimum absolute atomic E-state index is 0.0607. The number of nitrogens with zero attached hydrogens (tertiary/aromatic N) is 1. The van der Waals surface area contributed by atoms with Crippen molar-refractivity contribution in [1.82, 2.24) is 4.90 Å². The van der Waals surface area contributed by atoms with E-state index in [0.717, 1.165) is 38.6 Å². The third kappa shape index (κ3) is 3.09. The summed E-state index contributed by atoms with van der Waals surface area (Å²) in [4.78, 5) is 26.5. The molecule has 1 aliphatic heterocycles. The van der Waals surface area contributed by atoms with Gasteiger partial charge in [0.1, 0.15) is 0 Å². The predicted octanol–water partition coefficient (Wildman–Crippen LogP) is 3.31. The van der Waals surface area contributed by atoms with Crippen LogP contribution in [0.25, 0.3) is 0 Å². The van der Waals surface area contributed by atoms with Gasteiger partial charge in [0.25, 0.3) is 0 Å². The number of hydrogen-bond acceptors (Lipinski definition) is 2. The topological polar surface area (TPSA) is 57.6 Å². The van der Waals surface area contributed by atoms with E-state index in [-0.39, 0.29) is 17.2 Å². The van der Waals surface area contributed by atoms with E-state index in [1.54, 1.807) is 0 Å². The predicted molar refractivity (Wildman–Crippen MR) is 81.9 cm³/mol. The Morgan fingerprint density at radius 2 is 1.95 bits per heavy atom. The van der Waals surface area contributed by atoms with Gasteiger partial charge in [-0.2, -0.15) is 0 Å². The average molecular weight is 295 g/mol. The molecule has 1 amide bonds. The molecule has 1 saturated heterocycles. The molecule has 2 fully saturated rings. The molecule has 2 unspecified atom stereocenters. The number of likely N-dealkylation sites (tertiary alicyclic amines) is 1. The summed E-state index contributed by atoms with van der Waals surface area (Å²) in [7, 11) is 0. The zero-order valence-electron chi connectivity index (χ0n) is 13.7. The van der Waals surface area contributed by atoms with Gasteiger partial charge < -0.3 is 10.0 Å². The monoisotopic (exact) mass is 295 g/mol. The molecule has 0 spiro atoms. The molecule has 4 nitrogen and oxygen atoms in total. The minimum Gasteiger partial charge on any atom is -0.481 e. The van der Waals surface area contributed by atoms with Gasteiger partial charge in [-0.25, -0.2) is 0 Å². The number of piperidine rings is 1. The normalized spacial score (nSPS) is 32.1. The first-order valence-corrected chi connectivity index (χ1v) is 8.34. The van der Waals surface area contributed by atoms with Crippen LogP contribution in [0, 0.1) is 16.7 Å². The number of aliphatic carboxylic acids is 1. The maximum Gasteiger partial charge on any atom is 0.311 e. The summed E-state index contributed by atoms with van der Waals surface area (Å²) in [6.45, 7) is 7.49. The van der Waals surface area contributed by atoms with Gasteiger partial charge in [0.2, 0.25) is 5.91 Å². The van der Waals surface area contributed by atoms with Crippen molar-refractivity contribution in [2.75, 3.05) is 13.1 Å². The summed E-state index contributed by atoms with van der Waals surface area (Å²) in [5.74, 6) is -0.463. The second-order valence-electron chi connectivity index (χ2n) is 7.63. The Morgan fingerprint density at radius 3 is 2.48 bits per heavy atom. The van der Waals surface area contributed by atoms with Crippen LogP contribution in [0.5, 0.6) is 0 Å². The van der Waals surface area contributed by atoms with E-state index in [4.69, 9.17) is 0 Å². The van der Waals surface area contributed by atoms with Crippen molar-refractivity contribution in [3.63, 3.8) is 0 Å². The van der Waals surface area contributed by atoms with Crippen molar-refractivity contribution in [2.45, 2.75) is 65.7 Å². The van der Waals surface area contributed by atoms with Crippen molar-refractivity contribution in [1.29, 1.82) is 0 Å². The highest BCUT2D eigenvalue weighted by atomic mass is 16.4. The second kappa shape index (κ2) is 5.98. The van der Waals surface area contributed by atoms with Crippen LogP contribution >= 0.6 is 0 Å². The van der Waals surface area contributed by atoms with E-state index >= 15 is 0 Å². The first-order chi connectivity index (χ1) is 9.82. The first kappa shape index (κ1) is 16.3. The largest absolute Gasteiger partial charge is 0.481 e. The summed E-state index contributed by atoms with van der Waals surface area (Å²) in [6.07, 6.45) is 6.19. The molecule has 21 heavy (non-hydrogen) atoms. The molecule has 2 rings (SSSR count). The molecule has 4 heteroatoms. The van der Waals surface area contributed by atoms with Crippen LogP contribution < -0.4 is 0 Å². The van der Waals surface area contributed by atoms with E-state index in [2.05, 4.69) is 13.8 Å². The molecule has 0 aromatic carbocycles. The molecule has 0 aromatic heterocycles. The first-order valence-electron chi connectivity index (χ1n) is 8.34. The van der Waals surface area contributed by atoms with Crippen LogP contribution in [0.1, 0.15) is 65.7 Å². The lowest BCUT2D eigenvalue weighted by atomic mass is 9.75. The highest BCUT2D eigenvalue weighted by molar-refractivity contribution is 5.82. The summed E-state index contributed by atoms with van der Waals surface area (Å²) >= 11 is 0. The van der Waals surface area contributed by atoms with E-state index in [1.165, 1.54) is 0 Å². The lowest BCUT2D eigenvalue weighted by molar-refractivity contribution is -0.157. The molecule has 2 aliphatic rings. The minimum atomic E-state index is -0.729. The van der Waals surface area contributed by atoms with Gasteiger partial charge >= 0.3 is 5.97 Å². The van der Waals surface area contributed by atoms with Gasteiger partial charge in [-0.05, 0) is 37.5 Å². The third-order valence-corrected chi connectivity index (χ3v) is 5.63. The standard InChI is InChI=1S/C17H29NO3/c1-4-8-17(15(20)21)10-6-11-18(12-17)14(19)13-7-5-9-16(13,2)3/h13H,4-12H2,1-3H3,(H,20,21). The smallest absolute Gasteiger partial charge is 0.311 e. The summed E-state index contributed by atoms with van der Waals surface area (Å²) in [5, 5.41) is 9.65. The van der Waals surface area contributed by atoms with Gasteiger partial charge in [-0.15, -0.1) is 0 Å². The summed E-state index contributed by atoms with van der Waals surface area (Å²) < 4.78 is 0. The Hall–Kier alpha value is -1.06. The van der Waals surface area contributed by atoms with Crippen LogP contribution in [0.4, 0.5) is 0 Å². The molecule has 120 valence electrons. The van der Waals surface area contributed by atoms with E-state index in [9.17, 15) is 14.7 Å².